The molecule has 0 radical (unpaired) electrons. The number of rotatable bonds is 3. The van der Waals surface area contributed by atoms with Crippen LogP contribution in [0.1, 0.15) is 13.8 Å². The van der Waals surface area contributed by atoms with Gasteiger partial charge >= 0.3 is 5.69 Å². The molecule has 0 amide bonds. The lowest BCUT2D eigenvalue weighted by molar-refractivity contribution is -0.868. The lowest BCUT2D eigenvalue weighted by Crippen LogP contribution is -2.47. The van der Waals surface area contributed by atoms with Crippen molar-refractivity contribution in [2.24, 2.45) is 18.9 Å². The monoisotopic (exact) mass is 346 g/mol. The van der Waals surface area contributed by atoms with E-state index in [4.69, 9.17) is 0 Å². The number of aromatic amines is 1. The number of quaternary nitrogens is 1. The minimum absolute atomic E-state index is 0.305. The Labute approximate surface area is 147 Å². The third kappa shape index (κ3) is 3.16. The van der Waals surface area contributed by atoms with Gasteiger partial charge in [0.05, 0.1) is 45.6 Å². The third-order valence-electron chi connectivity index (χ3n) is 5.06. The Bertz CT molecular complexity index is 869. The van der Waals surface area contributed by atoms with E-state index >= 15 is 0 Å². The Morgan fingerprint density at radius 3 is 2.40 bits per heavy atom. The molecular formula is C18H28N5O2+. The second-order valence-electron chi connectivity index (χ2n) is 8.16. The molecule has 0 aromatic carbocycles. The molecule has 2 atom stereocenters. The smallest absolute Gasteiger partial charge is 0.329 e. The molecule has 0 fully saturated rings. The van der Waals surface area contributed by atoms with Crippen LogP contribution >= 0.6 is 0 Å². The number of nitrogens with zero attached hydrogens (tertiary/aromatic N) is 3. The molecule has 0 spiro atoms. The van der Waals surface area contributed by atoms with E-state index in [0.717, 1.165) is 27.0 Å². The minimum Gasteiger partial charge on any atom is -0.347 e. The lowest BCUT2D eigenvalue weighted by atomic mass is 9.88. The van der Waals surface area contributed by atoms with Crippen LogP contribution in [0.4, 0.5) is 11.5 Å². The summed E-state index contributed by atoms with van der Waals surface area (Å²) in [5.74, 6) is 1.35. The van der Waals surface area contributed by atoms with Crippen LogP contribution < -0.4 is 21.5 Å². The summed E-state index contributed by atoms with van der Waals surface area (Å²) in [6, 6.07) is 0. The lowest BCUT2D eigenvalue weighted by Gasteiger charge is -2.39. The molecule has 2 N–H and O–H groups in total. The van der Waals surface area contributed by atoms with Crippen molar-refractivity contribution in [3.8, 4) is 0 Å². The van der Waals surface area contributed by atoms with Crippen molar-refractivity contribution >= 4 is 11.5 Å². The highest BCUT2D eigenvalue weighted by molar-refractivity contribution is 5.77. The second-order valence-corrected chi connectivity index (χ2v) is 8.16. The number of aromatic nitrogens is 2. The highest BCUT2D eigenvalue weighted by Gasteiger charge is 2.32. The first-order chi connectivity index (χ1) is 11.6. The Morgan fingerprint density at radius 2 is 1.76 bits per heavy atom. The van der Waals surface area contributed by atoms with Gasteiger partial charge in [-0.15, -0.1) is 0 Å². The van der Waals surface area contributed by atoms with Crippen molar-refractivity contribution in [1.82, 2.24) is 9.55 Å². The molecule has 2 unspecified atom stereocenters. The van der Waals surface area contributed by atoms with E-state index in [2.05, 4.69) is 62.3 Å². The molecule has 7 nitrogen and oxygen atoms in total. The van der Waals surface area contributed by atoms with E-state index in [-0.39, 0.29) is 5.56 Å². The molecule has 7 heteroatoms. The summed E-state index contributed by atoms with van der Waals surface area (Å²) in [5, 5.41) is 3.26. The molecule has 1 aromatic rings. The summed E-state index contributed by atoms with van der Waals surface area (Å²) in [6.07, 6.45) is 4.40. The van der Waals surface area contributed by atoms with Gasteiger partial charge in [0.2, 0.25) is 0 Å². The van der Waals surface area contributed by atoms with E-state index in [9.17, 15) is 9.59 Å². The highest BCUT2D eigenvalue weighted by atomic mass is 16.2. The van der Waals surface area contributed by atoms with E-state index in [0.29, 0.717) is 29.9 Å². The van der Waals surface area contributed by atoms with Crippen LogP contribution in [0.25, 0.3) is 0 Å². The van der Waals surface area contributed by atoms with Crippen molar-refractivity contribution in [2.45, 2.75) is 13.8 Å². The van der Waals surface area contributed by atoms with E-state index in [1.807, 2.05) is 0 Å². The molecule has 25 heavy (non-hydrogen) atoms. The van der Waals surface area contributed by atoms with E-state index in [1.165, 1.54) is 7.05 Å². The fraction of sp³-hybridized carbons (Fsp3) is 0.556. The van der Waals surface area contributed by atoms with Crippen molar-refractivity contribution in [3.63, 3.8) is 0 Å². The maximum atomic E-state index is 12.6. The van der Waals surface area contributed by atoms with E-state index in [1.54, 1.807) is 0 Å². The molecular weight excluding hydrogens is 318 g/mol. The summed E-state index contributed by atoms with van der Waals surface area (Å²) < 4.78 is 1.90. The van der Waals surface area contributed by atoms with Gasteiger partial charge in [0.1, 0.15) is 11.5 Å². The first-order valence-corrected chi connectivity index (χ1v) is 8.71. The van der Waals surface area contributed by atoms with Gasteiger partial charge in [0.15, 0.2) is 0 Å². The minimum atomic E-state index is -0.397. The van der Waals surface area contributed by atoms with Crippen LogP contribution in [0, 0.1) is 11.8 Å². The maximum Gasteiger partial charge on any atom is 0.329 e. The van der Waals surface area contributed by atoms with Gasteiger partial charge in [-0.2, -0.15) is 0 Å². The molecule has 136 valence electrons. The van der Waals surface area contributed by atoms with Gasteiger partial charge < -0.3 is 14.7 Å². The standard InChI is InChI=1S/C18H27N5O2/c1-11-9-13-14(10-12(11)2)22(7-8-23(4,5)6)16-15(19-13)17(24)21(3)18(25)20-16/h9-12,19H,7-8H2,1-6H3/p+1. The van der Waals surface area contributed by atoms with Gasteiger partial charge in [-0.1, -0.05) is 26.0 Å². The number of allylic oxidation sites excluding steroid dienone is 2. The number of hydrogen-bond donors (Lipinski definition) is 2. The zero-order valence-corrected chi connectivity index (χ0v) is 15.9. The summed E-state index contributed by atoms with van der Waals surface area (Å²) in [7, 11) is 7.89. The predicted molar refractivity (Wildman–Crippen MR) is 101 cm³/mol. The van der Waals surface area contributed by atoms with Crippen LogP contribution in [-0.4, -0.2) is 48.3 Å². The van der Waals surface area contributed by atoms with Gasteiger partial charge in [-0.05, 0) is 11.8 Å². The van der Waals surface area contributed by atoms with Crippen molar-refractivity contribution in [2.75, 3.05) is 44.4 Å². The molecule has 1 aliphatic carbocycles. The molecule has 0 saturated carbocycles. The fourth-order valence-corrected chi connectivity index (χ4v) is 3.14. The predicted octanol–water partition coefficient (Wildman–Crippen LogP) is 1.07. The number of nitrogens with one attached hydrogen (secondary N) is 2. The zero-order valence-electron chi connectivity index (χ0n) is 15.9. The van der Waals surface area contributed by atoms with Crippen LogP contribution in [0.15, 0.2) is 33.1 Å². The SMILES string of the molecule is CC1C=C2Nc3c([nH]c(=O)n(C)c3=O)N(CC[N+](C)(C)C)C2=CC1C. The quantitative estimate of drug-likeness (QED) is 0.803. The van der Waals surface area contributed by atoms with Crippen molar-refractivity contribution < 1.29 is 4.48 Å². The van der Waals surface area contributed by atoms with Gasteiger partial charge in [-0.3, -0.25) is 14.3 Å². The molecule has 1 aliphatic heterocycles. The highest BCUT2D eigenvalue weighted by Crippen LogP contribution is 2.37. The van der Waals surface area contributed by atoms with Crippen LogP contribution in [-0.2, 0) is 7.05 Å². The van der Waals surface area contributed by atoms with Gasteiger partial charge in [-0.25, -0.2) is 4.79 Å². The Morgan fingerprint density at radius 1 is 1.12 bits per heavy atom. The normalized spacial score (nSPS) is 22.6. The Balaban J connectivity index is 2.16. The van der Waals surface area contributed by atoms with Gasteiger partial charge in [0, 0.05) is 7.05 Å². The largest absolute Gasteiger partial charge is 0.347 e. The zero-order chi connectivity index (χ0) is 18.5. The Kier molecular flexibility index (Phi) is 4.15. The van der Waals surface area contributed by atoms with E-state index < -0.39 is 5.69 Å². The van der Waals surface area contributed by atoms with Crippen LogP contribution in [0.3, 0.4) is 0 Å². The van der Waals surface area contributed by atoms with Crippen LogP contribution in [0.2, 0.25) is 0 Å². The van der Waals surface area contributed by atoms with Crippen LogP contribution in [0.5, 0.6) is 0 Å². The van der Waals surface area contributed by atoms with Crippen molar-refractivity contribution in [1.29, 1.82) is 0 Å². The number of anilines is 2. The summed E-state index contributed by atoms with van der Waals surface area (Å²) in [6.45, 7) is 5.95. The summed E-state index contributed by atoms with van der Waals surface area (Å²) in [4.78, 5) is 29.7. The number of hydrogen-bond acceptors (Lipinski definition) is 4. The molecule has 2 aliphatic rings. The topological polar surface area (TPSA) is 70.1 Å². The summed E-state index contributed by atoms with van der Waals surface area (Å²) >= 11 is 0. The second kappa shape index (κ2) is 5.91. The first kappa shape index (κ1) is 17.5. The number of likely N-dealkylation sites (N-methyl/N-ethyl adjacent to an activating group) is 1. The molecule has 0 saturated heterocycles. The number of fused-ring (bicyclic) bond motifs is 2. The Hall–Kier alpha value is -2.28. The van der Waals surface area contributed by atoms with Crippen molar-refractivity contribution in [3.05, 3.63) is 44.4 Å². The van der Waals surface area contributed by atoms with Gasteiger partial charge in [0.25, 0.3) is 5.56 Å². The molecule has 3 rings (SSSR count). The third-order valence-corrected chi connectivity index (χ3v) is 5.06. The molecule has 0 bridgehead atoms. The number of H-pyrrole nitrogens is 1. The molecule has 1 aromatic heterocycles. The average molecular weight is 346 g/mol. The fourth-order valence-electron chi connectivity index (χ4n) is 3.14. The average Bonchev–Trinajstić information content (AvgIpc) is 2.51. The summed E-state index contributed by atoms with van der Waals surface area (Å²) in [5.41, 5.74) is 1.72. The molecule has 2 heterocycles. The maximum absolute atomic E-state index is 12.6. The first-order valence-electron chi connectivity index (χ1n) is 8.71.